The molecular formula is C45H29N4OPS2. The van der Waals surface area contributed by atoms with E-state index in [1.54, 1.807) is 11.8 Å². The van der Waals surface area contributed by atoms with E-state index in [-0.39, 0.29) is 5.57 Å². The molecule has 0 radical (unpaired) electrons. The molecule has 0 aliphatic carbocycles. The van der Waals surface area contributed by atoms with E-state index in [0.717, 1.165) is 43.4 Å². The summed E-state index contributed by atoms with van der Waals surface area (Å²) in [5.74, 6) is 0.940. The van der Waals surface area contributed by atoms with Gasteiger partial charge in [0.1, 0.15) is 0 Å². The third kappa shape index (κ3) is 5.39. The molecule has 1 aliphatic rings. The van der Waals surface area contributed by atoms with Gasteiger partial charge < -0.3 is 0 Å². The second-order valence-corrected chi connectivity index (χ2v) is 17.3. The van der Waals surface area contributed by atoms with Gasteiger partial charge in [-0.1, -0.05) is 145 Å². The van der Waals surface area contributed by atoms with Crippen LogP contribution in [0.15, 0.2) is 186 Å². The minimum Gasteiger partial charge on any atom is -0.286 e. The number of aromatic nitrogens is 3. The number of rotatable bonds is 5. The largest absolute Gasteiger partial charge is 0.286 e. The summed E-state index contributed by atoms with van der Waals surface area (Å²) < 4.78 is 21.4. The highest BCUT2D eigenvalue weighted by atomic mass is 32.2. The van der Waals surface area contributed by atoms with Gasteiger partial charge in [-0.15, -0.1) is 11.3 Å². The standard InChI is InChI=1S/C45H29N4OPS2/c50-51(45-47-43(30-15-4-1-5-16-30)46-44(48-45)31-17-6-2-7-18-31)38-28-27-32(34-22-14-23-36-35-21-10-12-25-39(35)53-42(34)36)29-41(38)52-40-26-13-11-24-37(40)49(51)33-19-8-3-9-20-33/h1-29H. The Morgan fingerprint density at radius 3 is 1.87 bits per heavy atom. The lowest BCUT2D eigenvalue weighted by Gasteiger charge is -2.33. The minimum atomic E-state index is -3.89. The van der Waals surface area contributed by atoms with E-state index in [9.17, 15) is 0 Å². The Labute approximate surface area is 315 Å². The van der Waals surface area contributed by atoms with Crippen LogP contribution in [-0.2, 0) is 4.57 Å². The molecule has 10 rings (SSSR count). The van der Waals surface area contributed by atoms with Gasteiger partial charge in [0.25, 0.3) is 7.29 Å². The Hall–Kier alpha value is -5.85. The molecule has 0 bridgehead atoms. The summed E-state index contributed by atoms with van der Waals surface area (Å²) in [5.41, 5.74) is 5.71. The van der Waals surface area contributed by atoms with Crippen molar-refractivity contribution in [2.24, 2.45) is 0 Å². The van der Waals surface area contributed by atoms with E-state index in [1.807, 2.05) is 131 Å². The van der Waals surface area contributed by atoms with Crippen molar-refractivity contribution in [3.05, 3.63) is 176 Å². The second-order valence-electron chi connectivity index (χ2n) is 12.8. The van der Waals surface area contributed by atoms with Crippen LogP contribution >= 0.6 is 30.4 Å². The van der Waals surface area contributed by atoms with Crippen molar-refractivity contribution < 1.29 is 4.57 Å². The summed E-state index contributed by atoms with van der Waals surface area (Å²) in [7, 11) is -3.89. The highest BCUT2D eigenvalue weighted by Gasteiger charge is 2.44. The summed E-state index contributed by atoms with van der Waals surface area (Å²) in [4.78, 5) is 17.1. The summed E-state index contributed by atoms with van der Waals surface area (Å²) in [6, 6.07) is 59.3. The van der Waals surface area contributed by atoms with Crippen molar-refractivity contribution >= 4 is 72.8 Å². The van der Waals surface area contributed by atoms with E-state index in [4.69, 9.17) is 15.0 Å². The summed E-state index contributed by atoms with van der Waals surface area (Å²) in [6.45, 7) is 0. The van der Waals surface area contributed by atoms with Gasteiger partial charge in [-0.05, 0) is 53.6 Å². The fraction of sp³-hybridized carbons (Fsp3) is 0. The fourth-order valence-electron chi connectivity index (χ4n) is 7.09. The van der Waals surface area contributed by atoms with Crippen molar-refractivity contribution in [1.82, 2.24) is 15.0 Å². The smallest absolute Gasteiger partial charge is 0.271 e. The maximum atomic E-state index is 16.9. The monoisotopic (exact) mass is 736 g/mol. The molecular weight excluding hydrogens is 708 g/mol. The van der Waals surface area contributed by atoms with Crippen LogP contribution in [0.3, 0.4) is 0 Å². The molecule has 0 fully saturated rings. The minimum absolute atomic E-state index is 0.229. The van der Waals surface area contributed by atoms with Crippen LogP contribution in [0.4, 0.5) is 11.4 Å². The fourth-order valence-corrected chi connectivity index (χ4v) is 12.6. The van der Waals surface area contributed by atoms with Crippen molar-refractivity contribution in [2.45, 2.75) is 9.79 Å². The number of fused-ring (bicyclic) bond motifs is 5. The van der Waals surface area contributed by atoms with Crippen LogP contribution in [0.25, 0.3) is 54.1 Å². The average Bonchev–Trinajstić information content (AvgIpc) is 3.56. The number of anilines is 2. The van der Waals surface area contributed by atoms with Gasteiger partial charge in [-0.25, -0.2) is 15.0 Å². The van der Waals surface area contributed by atoms with Gasteiger partial charge in [0.05, 0.1) is 11.0 Å². The number of hydrogen-bond donors (Lipinski definition) is 0. The average molecular weight is 737 g/mol. The van der Waals surface area contributed by atoms with Crippen molar-refractivity contribution in [1.29, 1.82) is 0 Å². The Bertz CT molecular complexity index is 2810. The van der Waals surface area contributed by atoms with E-state index < -0.39 is 7.29 Å². The lowest BCUT2D eigenvalue weighted by atomic mass is 10.0. The van der Waals surface area contributed by atoms with Crippen LogP contribution in [0.2, 0.25) is 0 Å². The number of benzene rings is 7. The lowest BCUT2D eigenvalue weighted by Crippen LogP contribution is -2.33. The van der Waals surface area contributed by atoms with Gasteiger partial charge in [-0.3, -0.25) is 9.24 Å². The molecule has 1 unspecified atom stereocenters. The van der Waals surface area contributed by atoms with Crippen molar-refractivity contribution in [2.75, 3.05) is 4.67 Å². The highest BCUT2D eigenvalue weighted by Crippen LogP contribution is 2.60. The Morgan fingerprint density at radius 1 is 0.509 bits per heavy atom. The molecule has 0 saturated carbocycles. The van der Waals surface area contributed by atoms with Crippen LogP contribution in [-0.4, -0.2) is 15.0 Å². The maximum Gasteiger partial charge on any atom is 0.271 e. The van der Waals surface area contributed by atoms with Crippen LogP contribution in [0.5, 0.6) is 0 Å². The molecule has 0 spiro atoms. The zero-order chi connectivity index (χ0) is 35.4. The SMILES string of the molecule is O=P1(c2nc(-c3ccccc3)nc(-c3ccccc3)n2)c2ccc(-c3cccc4c3sc3ccccc34)cc2Sc2ccccc2N1c1ccccc1. The maximum absolute atomic E-state index is 16.9. The number of thiophene rings is 1. The first-order valence-electron chi connectivity index (χ1n) is 17.3. The van der Waals surface area contributed by atoms with Crippen LogP contribution < -0.4 is 15.5 Å². The predicted octanol–water partition coefficient (Wildman–Crippen LogP) is 11.8. The molecule has 1 aliphatic heterocycles. The predicted molar refractivity (Wildman–Crippen MR) is 221 cm³/mol. The number of nitrogens with zero attached hydrogens (tertiary/aromatic N) is 4. The Morgan fingerprint density at radius 2 is 1.13 bits per heavy atom. The Kier molecular flexibility index (Phi) is 7.80. The molecule has 0 saturated heterocycles. The molecule has 3 heterocycles. The topological polar surface area (TPSA) is 59.0 Å². The van der Waals surface area contributed by atoms with Gasteiger partial charge in [0.2, 0.25) is 5.57 Å². The second kappa shape index (κ2) is 13.0. The van der Waals surface area contributed by atoms with Gasteiger partial charge >= 0.3 is 0 Å². The quantitative estimate of drug-likeness (QED) is 0.164. The first-order chi connectivity index (χ1) is 26.1. The molecule has 1 atom stereocenters. The first kappa shape index (κ1) is 31.9. The third-order valence-corrected chi connectivity index (χ3v) is 14.8. The molecule has 9 aromatic rings. The molecule has 0 amide bonds. The summed E-state index contributed by atoms with van der Waals surface area (Å²) in [6.07, 6.45) is 0. The Balaban J connectivity index is 1.27. The number of hydrogen-bond acceptors (Lipinski definition) is 6. The molecule has 53 heavy (non-hydrogen) atoms. The number of para-hydroxylation sites is 2. The van der Waals surface area contributed by atoms with Crippen LogP contribution in [0.1, 0.15) is 0 Å². The van der Waals surface area contributed by atoms with E-state index in [2.05, 4.69) is 60.7 Å². The molecule has 0 N–H and O–H groups in total. The van der Waals surface area contributed by atoms with Crippen molar-refractivity contribution in [3.63, 3.8) is 0 Å². The van der Waals surface area contributed by atoms with Gasteiger partial charge in [0.15, 0.2) is 11.6 Å². The van der Waals surface area contributed by atoms with Crippen LogP contribution in [0, 0.1) is 0 Å². The lowest BCUT2D eigenvalue weighted by molar-refractivity contribution is 0.585. The molecule has 252 valence electrons. The normalized spacial score (nSPS) is 15.2. The molecule has 7 aromatic carbocycles. The van der Waals surface area contributed by atoms with E-state index >= 15 is 4.57 Å². The van der Waals surface area contributed by atoms with Crippen molar-refractivity contribution in [3.8, 4) is 33.9 Å². The summed E-state index contributed by atoms with van der Waals surface area (Å²) in [5, 5.41) is 3.18. The molecule has 2 aromatic heterocycles. The first-order valence-corrected chi connectivity index (χ1v) is 20.6. The zero-order valence-electron chi connectivity index (χ0n) is 28.2. The van der Waals surface area contributed by atoms with Gasteiger partial charge in [-0.2, -0.15) is 0 Å². The van der Waals surface area contributed by atoms with Gasteiger partial charge in [0, 0.05) is 46.8 Å². The zero-order valence-corrected chi connectivity index (χ0v) is 30.7. The molecule has 8 heteroatoms. The third-order valence-electron chi connectivity index (χ3n) is 9.56. The highest BCUT2D eigenvalue weighted by molar-refractivity contribution is 8.00. The van der Waals surface area contributed by atoms with E-state index in [0.29, 0.717) is 17.0 Å². The van der Waals surface area contributed by atoms with E-state index in [1.165, 1.54) is 20.2 Å². The summed E-state index contributed by atoms with van der Waals surface area (Å²) >= 11 is 3.45. The molecule has 5 nitrogen and oxygen atoms in total.